The normalized spacial score (nSPS) is 11.2. The van der Waals surface area contributed by atoms with E-state index in [0.29, 0.717) is 30.1 Å². The van der Waals surface area contributed by atoms with Crippen molar-refractivity contribution in [2.45, 2.75) is 0 Å². The molecule has 128 valence electrons. The topological polar surface area (TPSA) is 0 Å². The molecule has 0 saturated heterocycles. The van der Waals surface area contributed by atoms with Crippen LogP contribution in [0.25, 0.3) is 0 Å². The fourth-order valence-electron chi connectivity index (χ4n) is 2.38. The van der Waals surface area contributed by atoms with Crippen molar-refractivity contribution >= 4 is 101 Å². The summed E-state index contributed by atoms with van der Waals surface area (Å²) in [5.41, 5.74) is 0. The first kappa shape index (κ1) is 20.0. The van der Waals surface area contributed by atoms with Gasteiger partial charge in [0.1, 0.15) is 0 Å². The van der Waals surface area contributed by atoms with Crippen LogP contribution in [0.3, 0.4) is 0 Å². The van der Waals surface area contributed by atoms with Gasteiger partial charge in [-0.25, -0.2) is 0 Å². The van der Waals surface area contributed by atoms with Gasteiger partial charge < -0.3 is 0 Å². The number of halogens is 6. The number of hydrogen-bond donors (Lipinski definition) is 0. The van der Waals surface area contributed by atoms with Gasteiger partial charge in [-0.15, -0.1) is 0 Å². The van der Waals surface area contributed by atoms with E-state index >= 15 is 0 Å². The average Bonchev–Trinajstić information content (AvgIpc) is 2.59. The summed E-state index contributed by atoms with van der Waals surface area (Å²) >= 11 is 35.4. The molecule has 0 radical (unpaired) electrons. The SMILES string of the molecule is Clc1ccc[c]([Bi]([c]2cccc(Cl)c2Cl)[c]2cccc(Cl)c2Cl)c1Cl. The Labute approximate surface area is 184 Å². The van der Waals surface area contributed by atoms with E-state index in [4.69, 9.17) is 69.6 Å². The molecule has 0 N–H and O–H groups in total. The minimum atomic E-state index is -2.99. The van der Waals surface area contributed by atoms with Gasteiger partial charge >= 0.3 is 186 Å². The summed E-state index contributed by atoms with van der Waals surface area (Å²) in [6.07, 6.45) is 0. The van der Waals surface area contributed by atoms with Crippen molar-refractivity contribution in [1.82, 2.24) is 0 Å². The van der Waals surface area contributed by atoms with Crippen LogP contribution in [-0.4, -0.2) is 21.8 Å². The summed E-state index contributed by atoms with van der Waals surface area (Å²) in [5.74, 6) is 0. The molecular formula is C18H9BiCl6. The van der Waals surface area contributed by atoms with E-state index in [1.807, 2.05) is 36.4 Å². The van der Waals surface area contributed by atoms with E-state index in [2.05, 4.69) is 0 Å². The van der Waals surface area contributed by atoms with Gasteiger partial charge in [-0.2, -0.15) is 0 Å². The monoisotopic (exact) mass is 644 g/mol. The van der Waals surface area contributed by atoms with Crippen LogP contribution in [0.5, 0.6) is 0 Å². The Balaban J connectivity index is 2.35. The first-order valence-corrected chi connectivity index (χ1v) is 14.5. The Kier molecular flexibility index (Phi) is 6.83. The van der Waals surface area contributed by atoms with Gasteiger partial charge in [-0.3, -0.25) is 0 Å². The van der Waals surface area contributed by atoms with E-state index in [0.717, 1.165) is 9.81 Å². The quantitative estimate of drug-likeness (QED) is 0.301. The van der Waals surface area contributed by atoms with Gasteiger partial charge in [0, 0.05) is 0 Å². The zero-order chi connectivity index (χ0) is 18.1. The predicted octanol–water partition coefficient (Wildman–Crippen LogP) is 6.12. The van der Waals surface area contributed by atoms with Gasteiger partial charge in [-0.05, 0) is 0 Å². The van der Waals surface area contributed by atoms with Crippen molar-refractivity contribution in [1.29, 1.82) is 0 Å². The third-order valence-electron chi connectivity index (χ3n) is 3.52. The van der Waals surface area contributed by atoms with Crippen LogP contribution in [0.4, 0.5) is 0 Å². The molecule has 0 aromatic heterocycles. The second-order valence-corrected chi connectivity index (χ2v) is 15.6. The van der Waals surface area contributed by atoms with Crippen molar-refractivity contribution in [2.75, 3.05) is 0 Å². The Hall–Kier alpha value is 0.283. The summed E-state index contributed by atoms with van der Waals surface area (Å²) < 4.78 is 2.91. The second kappa shape index (κ2) is 8.53. The van der Waals surface area contributed by atoms with Crippen LogP contribution >= 0.6 is 69.6 Å². The van der Waals surface area contributed by atoms with Gasteiger partial charge in [0.05, 0.1) is 0 Å². The minimum absolute atomic E-state index is 0.496. The first-order valence-electron chi connectivity index (χ1n) is 7.04. The summed E-state index contributed by atoms with van der Waals surface area (Å²) in [5, 5.41) is 3.05. The predicted molar refractivity (Wildman–Crippen MR) is 114 cm³/mol. The van der Waals surface area contributed by atoms with E-state index < -0.39 is 21.8 Å². The van der Waals surface area contributed by atoms with Crippen LogP contribution in [0.15, 0.2) is 54.6 Å². The Morgan fingerprint density at radius 1 is 0.440 bits per heavy atom. The fourth-order valence-corrected chi connectivity index (χ4v) is 15.8. The van der Waals surface area contributed by atoms with Crippen molar-refractivity contribution < 1.29 is 0 Å². The van der Waals surface area contributed by atoms with Crippen LogP contribution < -0.4 is 9.81 Å². The van der Waals surface area contributed by atoms with Crippen LogP contribution in [0.1, 0.15) is 0 Å². The average molecular weight is 647 g/mol. The third-order valence-corrected chi connectivity index (χ3v) is 17.6. The third kappa shape index (κ3) is 4.09. The molecule has 3 aromatic carbocycles. The van der Waals surface area contributed by atoms with E-state index in [-0.39, 0.29) is 0 Å². The number of hydrogen-bond acceptors (Lipinski definition) is 0. The molecule has 0 heterocycles. The molecular weight excluding hydrogens is 638 g/mol. The molecule has 3 rings (SSSR count). The molecule has 0 unspecified atom stereocenters. The summed E-state index contributed by atoms with van der Waals surface area (Å²) in [7, 11) is 0. The maximum atomic E-state index is 6.54. The van der Waals surface area contributed by atoms with Gasteiger partial charge in [0.2, 0.25) is 0 Å². The first-order chi connectivity index (χ1) is 11.9. The number of rotatable bonds is 3. The zero-order valence-corrected chi connectivity index (χ0v) is 20.4. The Bertz CT molecular complexity index is 818. The summed E-state index contributed by atoms with van der Waals surface area (Å²) in [6.45, 7) is 0. The molecule has 0 aliphatic heterocycles. The molecule has 0 saturated carbocycles. The molecule has 0 bridgehead atoms. The van der Waals surface area contributed by atoms with E-state index in [9.17, 15) is 0 Å². The van der Waals surface area contributed by atoms with Crippen molar-refractivity contribution in [3.8, 4) is 0 Å². The van der Waals surface area contributed by atoms with Gasteiger partial charge in [0.25, 0.3) is 0 Å². The molecule has 0 spiro atoms. The molecule has 0 aliphatic carbocycles. The molecule has 7 heteroatoms. The van der Waals surface area contributed by atoms with Crippen LogP contribution in [-0.2, 0) is 0 Å². The molecule has 0 atom stereocenters. The van der Waals surface area contributed by atoms with Gasteiger partial charge in [-0.1, -0.05) is 0 Å². The molecule has 3 aromatic rings. The van der Waals surface area contributed by atoms with E-state index in [1.54, 1.807) is 18.2 Å². The fraction of sp³-hybridized carbons (Fsp3) is 0. The standard InChI is InChI=1S/3C6H3Cl2.Bi/c3*7-5-3-1-2-4-6(5)8;/h3*1-3H;. The molecule has 0 fully saturated rings. The van der Waals surface area contributed by atoms with Crippen molar-refractivity contribution in [3.05, 3.63) is 84.7 Å². The molecule has 25 heavy (non-hydrogen) atoms. The Morgan fingerprint density at radius 3 is 1.00 bits per heavy atom. The zero-order valence-electron chi connectivity index (χ0n) is 12.4. The van der Waals surface area contributed by atoms with Crippen molar-refractivity contribution in [2.24, 2.45) is 0 Å². The Morgan fingerprint density at radius 2 is 0.720 bits per heavy atom. The maximum absolute atomic E-state index is 6.54. The second-order valence-electron chi connectivity index (χ2n) is 5.05. The molecule has 0 aliphatic rings. The van der Waals surface area contributed by atoms with Gasteiger partial charge in [0.15, 0.2) is 0 Å². The summed E-state index contributed by atoms with van der Waals surface area (Å²) in [6, 6.07) is 16.8. The van der Waals surface area contributed by atoms with Crippen LogP contribution in [0, 0.1) is 0 Å². The molecule has 0 nitrogen and oxygen atoms in total. The number of benzene rings is 3. The summed E-state index contributed by atoms with van der Waals surface area (Å²) in [4.78, 5) is 0. The van der Waals surface area contributed by atoms with Crippen molar-refractivity contribution in [3.63, 3.8) is 0 Å². The molecule has 0 amide bonds. The van der Waals surface area contributed by atoms with Crippen LogP contribution in [0.2, 0.25) is 30.1 Å². The van der Waals surface area contributed by atoms with E-state index in [1.165, 1.54) is 0 Å².